The van der Waals surface area contributed by atoms with Crippen molar-refractivity contribution in [2.75, 3.05) is 5.32 Å². The van der Waals surface area contributed by atoms with Gasteiger partial charge in [-0.3, -0.25) is 0 Å². The van der Waals surface area contributed by atoms with Crippen LogP contribution in [-0.2, 0) is 0 Å². The van der Waals surface area contributed by atoms with E-state index in [0.717, 1.165) is 5.69 Å². The molecule has 3 aromatic carbocycles. The molecule has 0 saturated heterocycles. The summed E-state index contributed by atoms with van der Waals surface area (Å²) < 4.78 is 0. The SMILES string of the molecule is C=Cc1cccc2c1Sc1ccc(-c3ccccc3)cc1N2. The van der Waals surface area contributed by atoms with Gasteiger partial charge in [0.2, 0.25) is 0 Å². The Morgan fingerprint density at radius 2 is 1.68 bits per heavy atom. The first-order chi connectivity index (χ1) is 10.8. The van der Waals surface area contributed by atoms with E-state index >= 15 is 0 Å². The average molecular weight is 301 g/mol. The number of hydrogen-bond donors (Lipinski definition) is 1. The number of benzene rings is 3. The van der Waals surface area contributed by atoms with E-state index in [1.165, 1.54) is 32.2 Å². The first kappa shape index (κ1) is 13.2. The van der Waals surface area contributed by atoms with Crippen molar-refractivity contribution in [1.82, 2.24) is 0 Å². The minimum absolute atomic E-state index is 1.15. The van der Waals surface area contributed by atoms with Gasteiger partial charge in [-0.2, -0.15) is 0 Å². The maximum absolute atomic E-state index is 3.91. The molecule has 0 aromatic heterocycles. The number of rotatable bonds is 2. The highest BCUT2D eigenvalue weighted by molar-refractivity contribution is 7.99. The van der Waals surface area contributed by atoms with Crippen LogP contribution in [0.5, 0.6) is 0 Å². The Morgan fingerprint density at radius 1 is 0.818 bits per heavy atom. The Morgan fingerprint density at radius 3 is 2.50 bits per heavy atom. The second-order valence-electron chi connectivity index (χ2n) is 5.23. The Balaban J connectivity index is 1.77. The zero-order valence-corrected chi connectivity index (χ0v) is 12.9. The minimum Gasteiger partial charge on any atom is -0.354 e. The molecule has 3 aromatic rings. The Kier molecular flexibility index (Phi) is 3.24. The lowest BCUT2D eigenvalue weighted by Gasteiger charge is -2.23. The summed E-state index contributed by atoms with van der Waals surface area (Å²) in [5.41, 5.74) is 5.96. The predicted molar refractivity (Wildman–Crippen MR) is 95.8 cm³/mol. The molecule has 0 atom stereocenters. The van der Waals surface area contributed by atoms with E-state index in [1.807, 2.05) is 12.1 Å². The summed E-state index contributed by atoms with van der Waals surface area (Å²) in [6.07, 6.45) is 1.91. The van der Waals surface area contributed by atoms with Crippen molar-refractivity contribution in [1.29, 1.82) is 0 Å². The van der Waals surface area contributed by atoms with Crippen LogP contribution in [0.3, 0.4) is 0 Å². The molecule has 1 nitrogen and oxygen atoms in total. The lowest BCUT2D eigenvalue weighted by molar-refractivity contribution is 1.30. The summed E-state index contributed by atoms with van der Waals surface area (Å²) in [6.45, 7) is 3.91. The minimum atomic E-state index is 1.15. The maximum atomic E-state index is 3.91. The molecular formula is C20H15NS. The van der Waals surface area contributed by atoms with E-state index in [-0.39, 0.29) is 0 Å². The molecule has 2 heteroatoms. The number of fused-ring (bicyclic) bond motifs is 2. The van der Waals surface area contributed by atoms with Crippen LogP contribution in [0.2, 0.25) is 0 Å². The van der Waals surface area contributed by atoms with Crippen LogP contribution in [0.15, 0.2) is 83.1 Å². The maximum Gasteiger partial charge on any atom is 0.0532 e. The van der Waals surface area contributed by atoms with Gasteiger partial charge in [0.05, 0.1) is 11.4 Å². The van der Waals surface area contributed by atoms with Gasteiger partial charge in [-0.15, -0.1) is 0 Å². The lowest BCUT2D eigenvalue weighted by atomic mass is 10.0. The average Bonchev–Trinajstić information content (AvgIpc) is 2.59. The highest BCUT2D eigenvalue weighted by Gasteiger charge is 2.17. The van der Waals surface area contributed by atoms with Gasteiger partial charge < -0.3 is 5.32 Å². The summed E-state index contributed by atoms with van der Waals surface area (Å²) in [5.74, 6) is 0. The van der Waals surface area contributed by atoms with E-state index in [1.54, 1.807) is 11.8 Å². The molecule has 0 radical (unpaired) electrons. The third kappa shape index (κ3) is 2.22. The van der Waals surface area contributed by atoms with Crippen molar-refractivity contribution < 1.29 is 0 Å². The normalized spacial score (nSPS) is 12.0. The van der Waals surface area contributed by atoms with Gasteiger partial charge in [0.1, 0.15) is 0 Å². The molecule has 4 rings (SSSR count). The van der Waals surface area contributed by atoms with Crippen LogP contribution >= 0.6 is 11.8 Å². The zero-order valence-electron chi connectivity index (χ0n) is 12.0. The fourth-order valence-corrected chi connectivity index (χ4v) is 3.78. The third-order valence-electron chi connectivity index (χ3n) is 3.83. The first-order valence-electron chi connectivity index (χ1n) is 7.25. The monoisotopic (exact) mass is 301 g/mol. The van der Waals surface area contributed by atoms with E-state index < -0.39 is 0 Å². The smallest absolute Gasteiger partial charge is 0.0532 e. The Labute approximate surface area is 134 Å². The van der Waals surface area contributed by atoms with Crippen molar-refractivity contribution >= 4 is 29.2 Å². The molecule has 1 N–H and O–H groups in total. The molecule has 0 fully saturated rings. The van der Waals surface area contributed by atoms with Gasteiger partial charge in [0.25, 0.3) is 0 Å². The van der Waals surface area contributed by atoms with Gasteiger partial charge in [-0.05, 0) is 34.9 Å². The van der Waals surface area contributed by atoms with Crippen LogP contribution in [0.1, 0.15) is 5.56 Å². The summed E-state index contributed by atoms with van der Waals surface area (Å²) >= 11 is 1.80. The lowest BCUT2D eigenvalue weighted by Crippen LogP contribution is -2.01. The van der Waals surface area contributed by atoms with Crippen molar-refractivity contribution in [2.45, 2.75) is 9.79 Å². The fraction of sp³-hybridized carbons (Fsp3) is 0. The van der Waals surface area contributed by atoms with Gasteiger partial charge in [-0.1, -0.05) is 72.9 Å². The van der Waals surface area contributed by atoms with Crippen LogP contribution in [-0.4, -0.2) is 0 Å². The topological polar surface area (TPSA) is 12.0 Å². The Hall–Kier alpha value is -2.45. The number of nitrogens with one attached hydrogen (secondary N) is 1. The van der Waals surface area contributed by atoms with Gasteiger partial charge in [0, 0.05) is 9.79 Å². The largest absolute Gasteiger partial charge is 0.354 e. The predicted octanol–water partition coefficient (Wildman–Crippen LogP) is 6.20. The molecule has 1 heterocycles. The molecule has 1 aliphatic rings. The molecular weight excluding hydrogens is 286 g/mol. The highest BCUT2D eigenvalue weighted by atomic mass is 32.2. The van der Waals surface area contributed by atoms with Gasteiger partial charge in [0.15, 0.2) is 0 Å². The Bertz CT molecular complexity index is 853. The van der Waals surface area contributed by atoms with Gasteiger partial charge in [-0.25, -0.2) is 0 Å². The van der Waals surface area contributed by atoms with E-state index in [2.05, 4.69) is 72.6 Å². The van der Waals surface area contributed by atoms with Crippen molar-refractivity contribution in [3.8, 4) is 11.1 Å². The standard InChI is InChI=1S/C20H15NS/c1-2-14-9-6-10-17-20(14)22-19-12-11-16(13-18(19)21-17)15-7-4-3-5-8-15/h2-13,21H,1H2. The second-order valence-corrected chi connectivity index (χ2v) is 6.28. The van der Waals surface area contributed by atoms with Crippen LogP contribution in [0.25, 0.3) is 17.2 Å². The molecule has 1 aliphatic heterocycles. The molecule has 106 valence electrons. The highest BCUT2D eigenvalue weighted by Crippen LogP contribution is 2.46. The van der Waals surface area contributed by atoms with E-state index in [4.69, 9.17) is 0 Å². The summed E-state index contributed by atoms with van der Waals surface area (Å²) in [4.78, 5) is 2.50. The van der Waals surface area contributed by atoms with Gasteiger partial charge >= 0.3 is 0 Å². The summed E-state index contributed by atoms with van der Waals surface area (Å²) in [7, 11) is 0. The van der Waals surface area contributed by atoms with Crippen LogP contribution < -0.4 is 5.32 Å². The molecule has 0 spiro atoms. The summed E-state index contributed by atoms with van der Waals surface area (Å²) in [5, 5.41) is 3.56. The first-order valence-corrected chi connectivity index (χ1v) is 8.06. The molecule has 22 heavy (non-hydrogen) atoms. The molecule has 0 saturated carbocycles. The third-order valence-corrected chi connectivity index (χ3v) is 5.07. The molecule has 0 amide bonds. The molecule has 0 aliphatic carbocycles. The summed E-state index contributed by atoms with van der Waals surface area (Å²) in [6, 6.07) is 23.4. The molecule has 0 unspecified atom stereocenters. The number of hydrogen-bond acceptors (Lipinski definition) is 2. The van der Waals surface area contributed by atoms with E-state index in [9.17, 15) is 0 Å². The second kappa shape index (κ2) is 5.39. The quantitative estimate of drug-likeness (QED) is 0.472. The van der Waals surface area contributed by atoms with Crippen LogP contribution in [0.4, 0.5) is 11.4 Å². The fourth-order valence-electron chi connectivity index (χ4n) is 2.71. The zero-order chi connectivity index (χ0) is 14.9. The van der Waals surface area contributed by atoms with Crippen molar-refractivity contribution in [3.05, 3.63) is 78.9 Å². The van der Waals surface area contributed by atoms with E-state index in [0.29, 0.717) is 0 Å². The van der Waals surface area contributed by atoms with Crippen LogP contribution in [0, 0.1) is 0 Å². The van der Waals surface area contributed by atoms with Crippen molar-refractivity contribution in [2.24, 2.45) is 0 Å². The molecule has 0 bridgehead atoms. The van der Waals surface area contributed by atoms with Crippen molar-refractivity contribution in [3.63, 3.8) is 0 Å². The number of anilines is 2.